The second kappa shape index (κ2) is 31.6. The van der Waals surface area contributed by atoms with Crippen molar-refractivity contribution in [2.45, 2.75) is 209 Å². The third-order valence-electron chi connectivity index (χ3n) is 10.7. The molecule has 0 saturated heterocycles. The van der Waals surface area contributed by atoms with Crippen LogP contribution in [0.15, 0.2) is 0 Å². The zero-order chi connectivity index (χ0) is 36.6. The lowest BCUT2D eigenvalue weighted by molar-refractivity contribution is -0.155. The zero-order valence-electron chi connectivity index (χ0n) is 34.0. The number of esters is 2. The highest BCUT2D eigenvalue weighted by Crippen LogP contribution is 2.27. The second-order valence-electron chi connectivity index (χ2n) is 16.3. The van der Waals surface area contributed by atoms with Crippen LogP contribution >= 0.6 is 0 Å². The Hall–Kier alpha value is -1.14. The van der Waals surface area contributed by atoms with Crippen LogP contribution < -0.4 is 0 Å². The van der Waals surface area contributed by atoms with Crippen LogP contribution in [0, 0.1) is 16.7 Å². The summed E-state index contributed by atoms with van der Waals surface area (Å²) >= 11 is 0. The summed E-state index contributed by atoms with van der Waals surface area (Å²) < 4.78 is 11.3. The lowest BCUT2D eigenvalue weighted by Crippen LogP contribution is -2.28. The van der Waals surface area contributed by atoms with Gasteiger partial charge in [0.1, 0.15) is 0 Å². The number of hydrogen-bond acceptors (Lipinski definition) is 6. The summed E-state index contributed by atoms with van der Waals surface area (Å²) in [6.07, 6.45) is 28.8. The monoisotopic (exact) mass is 696 g/mol. The molecule has 0 amide bonds. The minimum absolute atomic E-state index is 0.0398. The van der Waals surface area contributed by atoms with E-state index in [4.69, 9.17) is 9.47 Å². The number of carbonyl (C=O) groups is 2. The normalized spacial score (nSPS) is 12.3. The van der Waals surface area contributed by atoms with Crippen LogP contribution in [0.4, 0.5) is 0 Å². The van der Waals surface area contributed by atoms with Gasteiger partial charge in [0.15, 0.2) is 0 Å². The van der Waals surface area contributed by atoms with E-state index in [2.05, 4.69) is 25.7 Å². The molecule has 0 aromatic carbocycles. The van der Waals surface area contributed by atoms with E-state index in [1.165, 1.54) is 77.0 Å². The topological polar surface area (TPSA) is 76.1 Å². The molecule has 0 spiro atoms. The third kappa shape index (κ3) is 27.2. The van der Waals surface area contributed by atoms with Crippen LogP contribution in [0.5, 0.6) is 0 Å². The van der Waals surface area contributed by atoms with Crippen molar-refractivity contribution in [3.8, 4) is 0 Å². The number of aliphatic hydroxyl groups excluding tert-OH is 1. The number of carbonyl (C=O) groups excluding carboxylic acids is 2. The quantitative estimate of drug-likeness (QED) is 0.0519. The molecule has 0 radical (unpaired) electrons. The number of nitrogens with zero attached hydrogens (tertiary/aromatic N) is 1. The fourth-order valence-corrected chi connectivity index (χ4v) is 6.71. The number of rotatable bonds is 36. The predicted octanol–water partition coefficient (Wildman–Crippen LogP) is 11.8. The Kier molecular flexibility index (Phi) is 30.8. The van der Waals surface area contributed by atoms with Gasteiger partial charge in [-0.1, -0.05) is 136 Å². The summed E-state index contributed by atoms with van der Waals surface area (Å²) in [6.45, 7) is 19.4. The summed E-state index contributed by atoms with van der Waals surface area (Å²) in [5.41, 5.74) is -0.818. The van der Waals surface area contributed by atoms with Gasteiger partial charge in [0.05, 0.1) is 24.0 Å². The molecule has 0 atom stereocenters. The number of unbranched alkanes of at least 4 members (excludes halogenated alkanes) is 15. The Labute approximate surface area is 305 Å². The molecule has 0 rings (SSSR count). The summed E-state index contributed by atoms with van der Waals surface area (Å²) in [7, 11) is 0. The van der Waals surface area contributed by atoms with Crippen molar-refractivity contribution < 1.29 is 24.2 Å². The molecule has 0 heterocycles. The lowest BCUT2D eigenvalue weighted by atomic mass is 9.87. The van der Waals surface area contributed by atoms with Gasteiger partial charge in [0.2, 0.25) is 0 Å². The molecule has 0 unspecified atom stereocenters. The Morgan fingerprint density at radius 1 is 0.531 bits per heavy atom. The maximum absolute atomic E-state index is 12.7. The number of ether oxygens (including phenoxy) is 2. The number of aliphatic hydroxyl groups is 1. The molecule has 292 valence electrons. The smallest absolute Gasteiger partial charge is 0.311 e. The van der Waals surface area contributed by atoms with Gasteiger partial charge in [-0.2, -0.15) is 0 Å². The molecule has 0 aliphatic carbocycles. The average molecular weight is 696 g/mol. The molecule has 6 nitrogen and oxygen atoms in total. The van der Waals surface area contributed by atoms with Gasteiger partial charge in [-0.05, 0) is 91.6 Å². The van der Waals surface area contributed by atoms with E-state index in [1.54, 1.807) is 0 Å². The fourth-order valence-electron chi connectivity index (χ4n) is 6.71. The van der Waals surface area contributed by atoms with E-state index < -0.39 is 10.8 Å². The largest absolute Gasteiger partial charge is 0.465 e. The molecule has 0 aliphatic rings. The van der Waals surface area contributed by atoms with Crippen LogP contribution in [0.2, 0.25) is 0 Å². The van der Waals surface area contributed by atoms with Crippen molar-refractivity contribution in [2.24, 2.45) is 16.7 Å². The van der Waals surface area contributed by atoms with Gasteiger partial charge in [0, 0.05) is 13.2 Å². The molecule has 1 N–H and O–H groups in total. The van der Waals surface area contributed by atoms with Crippen LogP contribution in [-0.2, 0) is 19.1 Å². The highest BCUT2D eigenvalue weighted by atomic mass is 16.5. The summed E-state index contributed by atoms with van der Waals surface area (Å²) in [6, 6.07) is 0. The van der Waals surface area contributed by atoms with Crippen LogP contribution in [0.25, 0.3) is 0 Å². The van der Waals surface area contributed by atoms with Gasteiger partial charge in [-0.25, -0.2) is 0 Å². The Balaban J connectivity index is 4.05. The van der Waals surface area contributed by atoms with Gasteiger partial charge in [-0.15, -0.1) is 0 Å². The molecular formula is C43H85NO5. The average Bonchev–Trinajstić information content (AvgIpc) is 3.08. The molecule has 0 saturated carbocycles. The molecule has 0 aliphatic heterocycles. The first kappa shape index (κ1) is 47.9. The molecule has 6 heteroatoms. The highest BCUT2D eigenvalue weighted by molar-refractivity contribution is 5.76. The van der Waals surface area contributed by atoms with Gasteiger partial charge in [0.25, 0.3) is 0 Å². The van der Waals surface area contributed by atoms with E-state index in [-0.39, 0.29) is 18.5 Å². The molecule has 0 bridgehead atoms. The van der Waals surface area contributed by atoms with E-state index in [9.17, 15) is 14.7 Å². The number of hydrogen-bond donors (Lipinski definition) is 1. The van der Waals surface area contributed by atoms with E-state index >= 15 is 0 Å². The van der Waals surface area contributed by atoms with Crippen LogP contribution in [-0.4, -0.2) is 61.4 Å². The van der Waals surface area contributed by atoms with Crippen LogP contribution in [0.1, 0.15) is 209 Å². The summed E-state index contributed by atoms with van der Waals surface area (Å²) in [4.78, 5) is 27.8. The van der Waals surface area contributed by atoms with Gasteiger partial charge < -0.3 is 19.5 Å². The van der Waals surface area contributed by atoms with Crippen molar-refractivity contribution in [3.63, 3.8) is 0 Å². The summed E-state index contributed by atoms with van der Waals surface area (Å²) in [5.74, 6) is 0.793. The molecular weight excluding hydrogens is 610 g/mol. The first-order valence-corrected chi connectivity index (χ1v) is 21.2. The van der Waals surface area contributed by atoms with Gasteiger partial charge in [-0.3, -0.25) is 9.59 Å². The first-order chi connectivity index (χ1) is 23.5. The Bertz CT molecular complexity index is 763. The maximum atomic E-state index is 12.7. The van der Waals surface area contributed by atoms with Crippen molar-refractivity contribution in [1.82, 2.24) is 4.90 Å². The first-order valence-electron chi connectivity index (χ1n) is 21.2. The maximum Gasteiger partial charge on any atom is 0.311 e. The predicted molar refractivity (Wildman–Crippen MR) is 209 cm³/mol. The highest BCUT2D eigenvalue weighted by Gasteiger charge is 2.29. The fraction of sp³-hybridized carbons (Fsp3) is 0.953. The standard InChI is InChI=1S/C43H85NO5/c1-8-11-12-13-14-20-27-37-48-40(46)42(4,5)31-23-16-18-25-33-44(35-29-36-45)34-26-19-17-24-32-43(6,7)41(47)49-38-28-21-15-22-30-39(9-2)10-3/h39,45H,8-38H2,1-7H3. The third-order valence-corrected chi connectivity index (χ3v) is 10.7. The molecule has 0 aromatic rings. The minimum Gasteiger partial charge on any atom is -0.465 e. The van der Waals surface area contributed by atoms with E-state index in [0.29, 0.717) is 13.2 Å². The van der Waals surface area contributed by atoms with Crippen molar-refractivity contribution in [3.05, 3.63) is 0 Å². The van der Waals surface area contributed by atoms with Crippen LogP contribution in [0.3, 0.4) is 0 Å². The second-order valence-corrected chi connectivity index (χ2v) is 16.3. The van der Waals surface area contributed by atoms with Crippen molar-refractivity contribution >= 4 is 11.9 Å². The molecule has 0 fully saturated rings. The summed E-state index contributed by atoms with van der Waals surface area (Å²) in [5, 5.41) is 9.40. The van der Waals surface area contributed by atoms with Crippen molar-refractivity contribution in [2.75, 3.05) is 39.5 Å². The molecule has 0 aromatic heterocycles. The molecule has 49 heavy (non-hydrogen) atoms. The Morgan fingerprint density at radius 3 is 1.37 bits per heavy atom. The minimum atomic E-state index is -0.411. The van der Waals surface area contributed by atoms with E-state index in [0.717, 1.165) is 109 Å². The van der Waals surface area contributed by atoms with Crippen molar-refractivity contribution in [1.29, 1.82) is 0 Å². The lowest BCUT2D eigenvalue weighted by Gasteiger charge is -2.24. The van der Waals surface area contributed by atoms with E-state index in [1.807, 2.05) is 27.7 Å². The van der Waals surface area contributed by atoms with Gasteiger partial charge >= 0.3 is 11.9 Å². The SMILES string of the molecule is CCCCCCCCCOC(=O)C(C)(C)CCCCCCN(CCCO)CCCCCCC(C)(C)C(=O)OCCCCCCC(CC)CC. The Morgan fingerprint density at radius 2 is 0.918 bits per heavy atom. The zero-order valence-corrected chi connectivity index (χ0v) is 34.0.